The quantitative estimate of drug-likeness (QED) is 0.447. The minimum Gasteiger partial charge on any atom is -0.475 e. The summed E-state index contributed by atoms with van der Waals surface area (Å²) in [7, 11) is 0. The zero-order chi connectivity index (χ0) is 20.3. The molecule has 1 aromatic carbocycles. The van der Waals surface area contributed by atoms with E-state index in [1.165, 1.54) is 6.07 Å². The maximum absolute atomic E-state index is 12.8. The number of anilines is 1. The van der Waals surface area contributed by atoms with Crippen molar-refractivity contribution in [2.45, 2.75) is 6.54 Å². The molecule has 0 spiro atoms. The average molecular weight is 460 g/mol. The molecule has 1 aliphatic rings. The van der Waals surface area contributed by atoms with Crippen molar-refractivity contribution in [2.75, 3.05) is 11.9 Å². The third-order valence-corrected chi connectivity index (χ3v) is 3.63. The highest BCUT2D eigenvalue weighted by atomic mass is 35.5. The molecule has 30 heavy (non-hydrogen) atoms. The van der Waals surface area contributed by atoms with Gasteiger partial charge in [-0.1, -0.05) is 0 Å². The smallest absolute Gasteiger partial charge is 0.372 e. The number of nitrogens with one attached hydrogen (secondary N) is 2. The summed E-state index contributed by atoms with van der Waals surface area (Å²) < 4.78 is 17.9. The second kappa shape index (κ2) is 10.5. The van der Waals surface area contributed by atoms with Crippen LogP contribution in [-0.4, -0.2) is 38.5 Å². The molecule has 160 valence electrons. The number of hydrogen-bond donors (Lipinski definition) is 4. The number of nitrogens with zero attached hydrogens (tertiary/aromatic N) is 2. The van der Waals surface area contributed by atoms with Crippen LogP contribution in [0.3, 0.4) is 0 Å². The summed E-state index contributed by atoms with van der Waals surface area (Å²) >= 11 is 0. The molecule has 0 bridgehead atoms. The molecule has 1 aliphatic heterocycles. The summed E-state index contributed by atoms with van der Waals surface area (Å²) in [5, 5.41) is 11.3. The molecule has 0 saturated carbocycles. The van der Waals surface area contributed by atoms with Gasteiger partial charge in [-0.05, 0) is 29.8 Å². The van der Waals surface area contributed by atoms with Crippen LogP contribution in [0.5, 0.6) is 5.88 Å². The minimum absolute atomic E-state index is 0. The van der Waals surface area contributed by atoms with Crippen molar-refractivity contribution in [3.63, 3.8) is 0 Å². The predicted octanol–water partition coefficient (Wildman–Crippen LogP) is 1.48. The zero-order valence-electron chi connectivity index (χ0n) is 15.0. The Kier molecular flexibility index (Phi) is 8.65. The highest BCUT2D eigenvalue weighted by Crippen LogP contribution is 2.25. The van der Waals surface area contributed by atoms with E-state index in [4.69, 9.17) is 15.6 Å². The first-order chi connectivity index (χ1) is 13.4. The number of pyridine rings is 1. The fourth-order valence-corrected chi connectivity index (χ4v) is 2.34. The third kappa shape index (κ3) is 5.63. The number of carboxylic acid groups (broad SMARTS) is 1. The molecule has 1 amide bonds. The van der Waals surface area contributed by atoms with Crippen molar-refractivity contribution in [3.8, 4) is 5.88 Å². The Morgan fingerprint density at radius 2 is 2.00 bits per heavy atom. The lowest BCUT2D eigenvalue weighted by atomic mass is 10.2. The first-order valence-corrected chi connectivity index (χ1v) is 7.92. The lowest BCUT2D eigenvalue weighted by Crippen LogP contribution is -2.26. The first kappa shape index (κ1) is 24.8. The van der Waals surface area contributed by atoms with Gasteiger partial charge in [-0.3, -0.25) is 9.59 Å². The van der Waals surface area contributed by atoms with Crippen LogP contribution in [0.2, 0.25) is 0 Å². The molecule has 10 nitrogen and oxygen atoms in total. The zero-order valence-corrected chi connectivity index (χ0v) is 16.7. The topological polar surface area (TPSA) is 160 Å². The normalized spacial score (nSPS) is 11.5. The maximum atomic E-state index is 12.8. The van der Waals surface area contributed by atoms with Gasteiger partial charge in [0.25, 0.3) is 11.5 Å². The van der Waals surface area contributed by atoms with Gasteiger partial charge in [0.05, 0.1) is 10.9 Å². The highest BCUT2D eigenvalue weighted by Gasteiger charge is 2.16. The molecule has 0 radical (unpaired) electrons. The number of aromatic amines is 1. The molecule has 5 N–H and O–H groups in total. The van der Waals surface area contributed by atoms with E-state index in [1.807, 2.05) is 4.98 Å². The number of ether oxygens (including phenoxy) is 1. The van der Waals surface area contributed by atoms with Crippen molar-refractivity contribution in [1.29, 1.82) is 0 Å². The fourth-order valence-electron chi connectivity index (χ4n) is 2.34. The number of H-pyrrole nitrogens is 1. The summed E-state index contributed by atoms with van der Waals surface area (Å²) in [5.41, 5.74) is 6.37. The molecule has 0 fully saturated rings. The lowest BCUT2D eigenvalue weighted by molar-refractivity contribution is -0.118. The molecular weight excluding hydrogens is 444 g/mol. The minimum atomic E-state index is -1.33. The maximum Gasteiger partial charge on any atom is 0.372 e. The van der Waals surface area contributed by atoms with Crippen LogP contribution >= 0.6 is 24.8 Å². The van der Waals surface area contributed by atoms with Crippen molar-refractivity contribution in [1.82, 2.24) is 15.0 Å². The number of amides is 1. The van der Waals surface area contributed by atoms with Crippen LogP contribution in [0.4, 0.5) is 10.1 Å². The van der Waals surface area contributed by atoms with Gasteiger partial charge in [0.1, 0.15) is 11.5 Å². The fraction of sp³-hybridized carbons (Fsp3) is 0.118. The van der Waals surface area contributed by atoms with Gasteiger partial charge in [0, 0.05) is 12.7 Å². The summed E-state index contributed by atoms with van der Waals surface area (Å²) in [6.07, 6.45) is 1.64. The number of carboxylic acids is 1. The molecule has 4 rings (SSSR count). The molecule has 3 heterocycles. The van der Waals surface area contributed by atoms with Gasteiger partial charge in [-0.15, -0.1) is 24.8 Å². The van der Waals surface area contributed by atoms with Gasteiger partial charge in [0.2, 0.25) is 11.7 Å². The predicted molar refractivity (Wildman–Crippen MR) is 110 cm³/mol. The molecule has 3 aromatic rings. The molecule has 0 unspecified atom stereocenters. The van der Waals surface area contributed by atoms with Crippen LogP contribution in [-0.2, 0) is 11.3 Å². The number of benzene rings is 1. The Hall–Kier alpha value is -3.28. The number of carbonyl (C=O) groups is 2. The Morgan fingerprint density at radius 1 is 1.27 bits per heavy atom. The van der Waals surface area contributed by atoms with Gasteiger partial charge in [-0.2, -0.15) is 0 Å². The summed E-state index contributed by atoms with van der Waals surface area (Å²) in [5.74, 6) is -2.07. The molecule has 0 atom stereocenters. The number of nitrogens with two attached hydrogens (primary N) is 1. The second-order valence-electron chi connectivity index (χ2n) is 5.62. The van der Waals surface area contributed by atoms with E-state index in [1.54, 1.807) is 12.3 Å². The van der Waals surface area contributed by atoms with Crippen LogP contribution in [0.1, 0.15) is 16.2 Å². The first-order valence-electron chi connectivity index (χ1n) is 7.92. The van der Waals surface area contributed by atoms with E-state index in [0.717, 1.165) is 17.7 Å². The van der Waals surface area contributed by atoms with Crippen LogP contribution < -0.4 is 21.3 Å². The van der Waals surface area contributed by atoms with Crippen LogP contribution in [0.15, 0.2) is 35.3 Å². The molecule has 0 aliphatic carbocycles. The molecular formula is C17H16Cl2FN5O5. The Balaban J connectivity index is 0.000000284. The van der Waals surface area contributed by atoms with Gasteiger partial charge in [0.15, 0.2) is 6.61 Å². The van der Waals surface area contributed by atoms with E-state index >= 15 is 0 Å². The summed E-state index contributed by atoms with van der Waals surface area (Å²) in [6, 6.07) is 5.14. The number of hydrogen-bond acceptors (Lipinski definition) is 7. The number of halogens is 3. The highest BCUT2D eigenvalue weighted by molar-refractivity contribution is 5.94. The Labute approximate surface area is 180 Å². The van der Waals surface area contributed by atoms with E-state index in [2.05, 4.69) is 15.3 Å². The van der Waals surface area contributed by atoms with Crippen molar-refractivity contribution in [3.05, 3.63) is 58.0 Å². The van der Waals surface area contributed by atoms with Gasteiger partial charge < -0.3 is 25.9 Å². The number of carbonyl (C=O) groups excluding carboxylic acids is 1. The number of aromatic nitrogens is 3. The number of rotatable bonds is 2. The van der Waals surface area contributed by atoms with Gasteiger partial charge in [-0.25, -0.2) is 19.2 Å². The van der Waals surface area contributed by atoms with Crippen LogP contribution in [0, 0.1) is 5.82 Å². The van der Waals surface area contributed by atoms with E-state index in [9.17, 15) is 18.8 Å². The number of aromatic carboxylic acids is 1. The summed E-state index contributed by atoms with van der Waals surface area (Å²) in [4.78, 5) is 42.5. The summed E-state index contributed by atoms with van der Waals surface area (Å²) in [6.45, 7) is 0.429. The van der Waals surface area contributed by atoms with Crippen molar-refractivity contribution < 1.29 is 23.8 Å². The average Bonchev–Trinajstić information content (AvgIpc) is 2.68. The van der Waals surface area contributed by atoms with E-state index in [0.29, 0.717) is 18.1 Å². The Morgan fingerprint density at radius 3 is 2.67 bits per heavy atom. The van der Waals surface area contributed by atoms with Crippen molar-refractivity contribution in [2.24, 2.45) is 5.73 Å². The largest absolute Gasteiger partial charge is 0.475 e. The Bertz CT molecular complexity index is 1140. The SMILES string of the molecule is Cl.Cl.NCc1cnc2c(c1)NC(=O)CO2.O=C(O)c1nc2ccc(F)cc2c(=O)[nH]1. The van der Waals surface area contributed by atoms with E-state index < -0.39 is 23.2 Å². The lowest BCUT2D eigenvalue weighted by Gasteiger charge is -2.16. The van der Waals surface area contributed by atoms with E-state index in [-0.39, 0.29) is 48.2 Å². The standard InChI is InChI=1S/C9H5FN2O3.C8H9N3O2.2ClH/c10-4-1-2-6-5(3-4)8(13)12-7(11-6)9(14)15;9-2-5-1-6-8(10-3-5)13-4-7(12)11-6;;/h1-3H,(H,14,15)(H,11,12,13);1,3H,2,4,9H2,(H,11,12);2*1H. The number of fused-ring (bicyclic) bond motifs is 2. The molecule has 2 aromatic heterocycles. The monoisotopic (exact) mass is 459 g/mol. The molecule has 13 heteroatoms. The second-order valence-corrected chi connectivity index (χ2v) is 5.62. The van der Waals surface area contributed by atoms with Crippen molar-refractivity contribution >= 4 is 53.3 Å². The molecule has 0 saturated heterocycles. The van der Waals surface area contributed by atoms with Gasteiger partial charge >= 0.3 is 5.97 Å². The third-order valence-electron chi connectivity index (χ3n) is 3.63. The van der Waals surface area contributed by atoms with Crippen LogP contribution in [0.25, 0.3) is 10.9 Å².